The Bertz CT molecular complexity index is 638. The number of sulfone groups is 1. The molecule has 0 radical (unpaired) electrons. The molecule has 16 heavy (non-hydrogen) atoms. The van der Waals surface area contributed by atoms with Crippen LogP contribution in [0.1, 0.15) is 11.3 Å². The van der Waals surface area contributed by atoms with Crippen LogP contribution in [0.25, 0.3) is 10.9 Å². The SMILES string of the molecule is Cc1ccc2cc(CS(C)(=O)=O)n(C)c2c1. The largest absolute Gasteiger partial charge is 0.347 e. The summed E-state index contributed by atoms with van der Waals surface area (Å²) < 4.78 is 24.5. The van der Waals surface area contributed by atoms with Gasteiger partial charge in [0.1, 0.15) is 0 Å². The number of hydrogen-bond donors (Lipinski definition) is 0. The summed E-state index contributed by atoms with van der Waals surface area (Å²) in [6.07, 6.45) is 1.26. The molecule has 0 spiro atoms. The van der Waals surface area contributed by atoms with Crippen molar-refractivity contribution in [3.63, 3.8) is 0 Å². The van der Waals surface area contributed by atoms with Crippen LogP contribution in [0.2, 0.25) is 0 Å². The number of rotatable bonds is 2. The highest BCUT2D eigenvalue weighted by Gasteiger charge is 2.10. The average molecular weight is 237 g/mol. The van der Waals surface area contributed by atoms with Gasteiger partial charge in [0.2, 0.25) is 0 Å². The lowest BCUT2D eigenvalue weighted by atomic mass is 10.2. The maximum atomic E-state index is 11.3. The van der Waals surface area contributed by atoms with E-state index in [-0.39, 0.29) is 5.75 Å². The van der Waals surface area contributed by atoms with E-state index in [2.05, 4.69) is 6.07 Å². The molecule has 1 heterocycles. The Morgan fingerprint density at radius 3 is 2.56 bits per heavy atom. The molecule has 2 rings (SSSR count). The van der Waals surface area contributed by atoms with Gasteiger partial charge in [-0.1, -0.05) is 12.1 Å². The molecule has 0 saturated carbocycles. The smallest absolute Gasteiger partial charge is 0.153 e. The zero-order valence-corrected chi connectivity index (χ0v) is 10.5. The highest BCUT2D eigenvalue weighted by molar-refractivity contribution is 7.89. The standard InChI is InChI=1S/C12H15NO2S/c1-9-4-5-10-7-11(8-16(3,14)15)13(2)12(10)6-9/h4-7H,8H2,1-3H3. The zero-order chi connectivity index (χ0) is 11.9. The molecular formula is C12H15NO2S. The molecule has 1 aromatic carbocycles. The number of aryl methyl sites for hydroxylation is 2. The molecule has 0 fully saturated rings. The van der Waals surface area contributed by atoms with Crippen LogP contribution in [0, 0.1) is 6.92 Å². The normalized spacial score (nSPS) is 12.2. The van der Waals surface area contributed by atoms with E-state index in [4.69, 9.17) is 0 Å². The van der Waals surface area contributed by atoms with Gasteiger partial charge in [-0.15, -0.1) is 0 Å². The van der Waals surface area contributed by atoms with Crippen LogP contribution >= 0.6 is 0 Å². The van der Waals surface area contributed by atoms with Gasteiger partial charge in [0, 0.05) is 24.5 Å². The number of fused-ring (bicyclic) bond motifs is 1. The van der Waals surface area contributed by atoms with Crippen molar-refractivity contribution in [2.24, 2.45) is 7.05 Å². The highest BCUT2D eigenvalue weighted by atomic mass is 32.2. The third-order valence-electron chi connectivity index (χ3n) is 2.71. The van der Waals surface area contributed by atoms with E-state index in [0.29, 0.717) is 0 Å². The summed E-state index contributed by atoms with van der Waals surface area (Å²) in [5.74, 6) is 0.0945. The fourth-order valence-electron chi connectivity index (χ4n) is 1.90. The Morgan fingerprint density at radius 2 is 1.94 bits per heavy atom. The molecule has 2 aromatic rings. The van der Waals surface area contributed by atoms with Crippen molar-refractivity contribution in [3.8, 4) is 0 Å². The van der Waals surface area contributed by atoms with Crippen molar-refractivity contribution in [1.82, 2.24) is 4.57 Å². The summed E-state index contributed by atoms with van der Waals surface area (Å²) >= 11 is 0. The van der Waals surface area contributed by atoms with Crippen molar-refractivity contribution in [2.45, 2.75) is 12.7 Å². The second-order valence-corrected chi connectivity index (χ2v) is 6.47. The van der Waals surface area contributed by atoms with Crippen LogP contribution in [0.15, 0.2) is 24.3 Å². The van der Waals surface area contributed by atoms with Crippen LogP contribution in [0.5, 0.6) is 0 Å². The van der Waals surface area contributed by atoms with Gasteiger partial charge in [0.25, 0.3) is 0 Å². The molecule has 0 aliphatic carbocycles. The lowest BCUT2D eigenvalue weighted by molar-refractivity contribution is 0.599. The summed E-state index contributed by atoms with van der Waals surface area (Å²) in [7, 11) is -1.07. The molecule has 86 valence electrons. The summed E-state index contributed by atoms with van der Waals surface area (Å²) in [4.78, 5) is 0. The third kappa shape index (κ3) is 2.11. The number of nitrogens with zero attached hydrogens (tertiary/aromatic N) is 1. The molecule has 0 saturated heterocycles. The molecule has 4 heteroatoms. The van der Waals surface area contributed by atoms with E-state index in [1.807, 2.05) is 36.7 Å². The van der Waals surface area contributed by atoms with E-state index in [1.165, 1.54) is 11.8 Å². The first-order valence-electron chi connectivity index (χ1n) is 5.09. The number of aromatic nitrogens is 1. The Kier molecular flexibility index (Phi) is 2.54. The average Bonchev–Trinajstić information content (AvgIpc) is 2.42. The van der Waals surface area contributed by atoms with E-state index < -0.39 is 9.84 Å². The first kappa shape index (κ1) is 11.2. The van der Waals surface area contributed by atoms with Crippen molar-refractivity contribution >= 4 is 20.7 Å². The lowest BCUT2D eigenvalue weighted by Gasteiger charge is -2.03. The lowest BCUT2D eigenvalue weighted by Crippen LogP contribution is -2.05. The van der Waals surface area contributed by atoms with E-state index in [0.717, 1.165) is 16.6 Å². The molecule has 3 nitrogen and oxygen atoms in total. The minimum absolute atomic E-state index is 0.0945. The monoisotopic (exact) mass is 237 g/mol. The van der Waals surface area contributed by atoms with Crippen LogP contribution < -0.4 is 0 Å². The highest BCUT2D eigenvalue weighted by Crippen LogP contribution is 2.21. The molecule has 0 aliphatic heterocycles. The first-order chi connectivity index (χ1) is 7.37. The Hall–Kier alpha value is -1.29. The Morgan fingerprint density at radius 1 is 1.25 bits per heavy atom. The van der Waals surface area contributed by atoms with Gasteiger partial charge < -0.3 is 4.57 Å². The maximum Gasteiger partial charge on any atom is 0.153 e. The predicted molar refractivity (Wildman–Crippen MR) is 66.2 cm³/mol. The molecule has 0 unspecified atom stereocenters. The molecule has 0 atom stereocenters. The van der Waals surface area contributed by atoms with Gasteiger partial charge in [-0.25, -0.2) is 8.42 Å². The molecule has 0 aliphatic rings. The van der Waals surface area contributed by atoms with E-state index in [9.17, 15) is 8.42 Å². The van der Waals surface area contributed by atoms with Crippen molar-refractivity contribution in [2.75, 3.05) is 6.26 Å². The molecule has 0 bridgehead atoms. The minimum Gasteiger partial charge on any atom is -0.347 e. The maximum absolute atomic E-state index is 11.3. The Balaban J connectivity index is 2.61. The second-order valence-electron chi connectivity index (χ2n) is 4.33. The van der Waals surface area contributed by atoms with Crippen LogP contribution in [-0.4, -0.2) is 19.2 Å². The molecular weight excluding hydrogens is 222 g/mol. The quantitative estimate of drug-likeness (QED) is 0.801. The predicted octanol–water partition coefficient (Wildman–Crippen LogP) is 2.03. The zero-order valence-electron chi connectivity index (χ0n) is 9.69. The number of hydrogen-bond acceptors (Lipinski definition) is 2. The summed E-state index contributed by atoms with van der Waals surface area (Å²) in [6, 6.07) is 8.07. The van der Waals surface area contributed by atoms with Gasteiger partial charge in [0.15, 0.2) is 9.84 Å². The van der Waals surface area contributed by atoms with E-state index in [1.54, 1.807) is 0 Å². The van der Waals surface area contributed by atoms with Gasteiger partial charge in [-0.05, 0) is 30.0 Å². The van der Waals surface area contributed by atoms with Gasteiger partial charge in [-0.2, -0.15) is 0 Å². The molecule has 0 N–H and O–H groups in total. The third-order valence-corrected chi connectivity index (χ3v) is 3.53. The second kappa shape index (κ2) is 3.63. The summed E-state index contributed by atoms with van der Waals surface area (Å²) in [5, 5.41) is 1.09. The summed E-state index contributed by atoms with van der Waals surface area (Å²) in [5.41, 5.74) is 3.10. The van der Waals surface area contributed by atoms with E-state index >= 15 is 0 Å². The summed E-state index contributed by atoms with van der Waals surface area (Å²) in [6.45, 7) is 2.03. The first-order valence-corrected chi connectivity index (χ1v) is 7.15. The topological polar surface area (TPSA) is 39.1 Å². The molecule has 0 amide bonds. The van der Waals surface area contributed by atoms with Crippen molar-refractivity contribution in [3.05, 3.63) is 35.5 Å². The molecule has 1 aromatic heterocycles. The Labute approximate surface area is 95.6 Å². The fourth-order valence-corrected chi connectivity index (χ4v) is 2.72. The van der Waals surface area contributed by atoms with Crippen LogP contribution in [-0.2, 0) is 22.6 Å². The minimum atomic E-state index is -2.98. The van der Waals surface area contributed by atoms with Crippen LogP contribution in [0.3, 0.4) is 0 Å². The van der Waals surface area contributed by atoms with Crippen molar-refractivity contribution < 1.29 is 8.42 Å². The van der Waals surface area contributed by atoms with Gasteiger partial charge in [-0.3, -0.25) is 0 Å². The number of benzene rings is 1. The fraction of sp³-hybridized carbons (Fsp3) is 0.333. The van der Waals surface area contributed by atoms with Gasteiger partial charge >= 0.3 is 0 Å². The van der Waals surface area contributed by atoms with Crippen molar-refractivity contribution in [1.29, 1.82) is 0 Å². The van der Waals surface area contributed by atoms with Gasteiger partial charge in [0.05, 0.1) is 5.75 Å². The van der Waals surface area contributed by atoms with Crippen LogP contribution in [0.4, 0.5) is 0 Å².